The summed E-state index contributed by atoms with van der Waals surface area (Å²) in [5.74, 6) is -0.397. The quantitative estimate of drug-likeness (QED) is 0.587. The monoisotopic (exact) mass is 315 g/mol. The Kier molecular flexibility index (Phi) is 4.16. The van der Waals surface area contributed by atoms with Gasteiger partial charge < -0.3 is 0 Å². The van der Waals surface area contributed by atoms with Crippen molar-refractivity contribution in [3.63, 3.8) is 0 Å². The number of hydrogen-bond acceptors (Lipinski definition) is 1. The van der Waals surface area contributed by atoms with Crippen LogP contribution in [0.3, 0.4) is 0 Å². The van der Waals surface area contributed by atoms with Crippen LogP contribution in [0, 0.1) is 11.6 Å². The Balaban J connectivity index is 2.14. The number of alkyl halides is 1. The number of rotatable bonds is 3. The van der Waals surface area contributed by atoms with Gasteiger partial charge >= 0.3 is 0 Å². The van der Waals surface area contributed by atoms with Gasteiger partial charge in [0.15, 0.2) is 0 Å². The van der Waals surface area contributed by atoms with Crippen LogP contribution in [0.1, 0.15) is 5.56 Å². The minimum absolute atomic E-state index is 0.266. The van der Waals surface area contributed by atoms with Crippen molar-refractivity contribution in [1.82, 2.24) is 4.98 Å². The zero-order valence-electron chi connectivity index (χ0n) is 11.6. The second kappa shape index (κ2) is 6.24. The smallest absolute Gasteiger partial charge is 0.123 e. The number of pyridine rings is 1. The molecule has 110 valence electrons. The van der Waals surface area contributed by atoms with Gasteiger partial charge in [-0.1, -0.05) is 30.3 Å². The summed E-state index contributed by atoms with van der Waals surface area (Å²) in [6.07, 6.45) is 0. The fraction of sp³-hybridized carbons (Fsp3) is 0.0556. The van der Waals surface area contributed by atoms with Crippen LogP contribution in [0.5, 0.6) is 0 Å². The first kappa shape index (κ1) is 14.7. The fourth-order valence-corrected chi connectivity index (χ4v) is 2.51. The van der Waals surface area contributed by atoms with Gasteiger partial charge in [-0.05, 0) is 35.9 Å². The standard InChI is InChI=1S/C18H12ClF2N/c19-11-14-7-8-17(12-3-1-5-15(20)9-12)22-18(14)13-4-2-6-16(21)10-13/h1-10H,11H2. The van der Waals surface area contributed by atoms with Crippen LogP contribution in [-0.2, 0) is 5.88 Å². The molecule has 2 aromatic carbocycles. The lowest BCUT2D eigenvalue weighted by molar-refractivity contribution is 0.628. The molecule has 3 rings (SSSR count). The average Bonchev–Trinajstić information content (AvgIpc) is 2.54. The molecule has 0 saturated carbocycles. The van der Waals surface area contributed by atoms with Crippen molar-refractivity contribution in [2.45, 2.75) is 5.88 Å². The third-order valence-corrected chi connectivity index (χ3v) is 3.63. The normalized spacial score (nSPS) is 10.7. The first-order valence-corrected chi connectivity index (χ1v) is 7.28. The van der Waals surface area contributed by atoms with Gasteiger partial charge in [-0.3, -0.25) is 0 Å². The zero-order chi connectivity index (χ0) is 15.5. The molecule has 0 fully saturated rings. The molecule has 1 heterocycles. The highest BCUT2D eigenvalue weighted by atomic mass is 35.5. The Morgan fingerprint density at radius 2 is 1.45 bits per heavy atom. The maximum absolute atomic E-state index is 13.5. The summed E-state index contributed by atoms with van der Waals surface area (Å²) in [6, 6.07) is 16.0. The summed E-state index contributed by atoms with van der Waals surface area (Å²) in [5, 5.41) is 0. The fourth-order valence-electron chi connectivity index (χ4n) is 2.29. The molecular formula is C18H12ClF2N. The lowest BCUT2D eigenvalue weighted by Gasteiger charge is -2.10. The molecular weight excluding hydrogens is 304 g/mol. The topological polar surface area (TPSA) is 12.9 Å². The van der Waals surface area contributed by atoms with Crippen LogP contribution in [0.25, 0.3) is 22.5 Å². The van der Waals surface area contributed by atoms with E-state index in [1.165, 1.54) is 24.3 Å². The Morgan fingerprint density at radius 3 is 2.09 bits per heavy atom. The van der Waals surface area contributed by atoms with E-state index < -0.39 is 0 Å². The van der Waals surface area contributed by atoms with Crippen molar-refractivity contribution in [3.8, 4) is 22.5 Å². The molecule has 0 amide bonds. The van der Waals surface area contributed by atoms with Gasteiger partial charge in [-0.15, -0.1) is 11.6 Å². The van der Waals surface area contributed by atoms with Gasteiger partial charge in [0.2, 0.25) is 0 Å². The predicted molar refractivity (Wildman–Crippen MR) is 84.6 cm³/mol. The molecule has 1 aromatic heterocycles. The molecule has 0 N–H and O–H groups in total. The lowest BCUT2D eigenvalue weighted by Crippen LogP contribution is -1.94. The van der Waals surface area contributed by atoms with E-state index in [1.807, 2.05) is 6.07 Å². The highest BCUT2D eigenvalue weighted by Crippen LogP contribution is 2.28. The van der Waals surface area contributed by atoms with Gasteiger partial charge in [-0.2, -0.15) is 0 Å². The molecule has 0 aliphatic carbocycles. The molecule has 0 saturated heterocycles. The van der Waals surface area contributed by atoms with Gasteiger partial charge in [0, 0.05) is 17.0 Å². The minimum atomic E-state index is -0.337. The second-order valence-electron chi connectivity index (χ2n) is 4.86. The molecule has 0 aliphatic heterocycles. The third-order valence-electron chi connectivity index (χ3n) is 3.34. The lowest BCUT2D eigenvalue weighted by atomic mass is 10.0. The van der Waals surface area contributed by atoms with Crippen molar-refractivity contribution in [2.75, 3.05) is 0 Å². The Labute approximate surface area is 132 Å². The molecule has 3 aromatic rings. The third kappa shape index (κ3) is 3.00. The Bertz CT molecular complexity index is 818. The summed E-state index contributed by atoms with van der Waals surface area (Å²) in [7, 11) is 0. The molecule has 0 spiro atoms. The number of benzene rings is 2. The van der Waals surface area contributed by atoms with E-state index in [-0.39, 0.29) is 17.5 Å². The highest BCUT2D eigenvalue weighted by Gasteiger charge is 2.10. The summed E-state index contributed by atoms with van der Waals surface area (Å²) < 4.78 is 26.8. The van der Waals surface area contributed by atoms with Crippen molar-refractivity contribution in [1.29, 1.82) is 0 Å². The number of hydrogen-bond donors (Lipinski definition) is 0. The van der Waals surface area contributed by atoms with Crippen LogP contribution < -0.4 is 0 Å². The number of nitrogens with zero attached hydrogens (tertiary/aromatic N) is 1. The predicted octanol–water partition coefficient (Wildman–Crippen LogP) is 5.43. The van der Waals surface area contributed by atoms with Crippen LogP contribution in [0.15, 0.2) is 60.7 Å². The van der Waals surface area contributed by atoms with Gasteiger partial charge in [0.25, 0.3) is 0 Å². The van der Waals surface area contributed by atoms with Gasteiger partial charge in [0.05, 0.1) is 11.4 Å². The molecule has 1 nitrogen and oxygen atoms in total. The zero-order valence-corrected chi connectivity index (χ0v) is 12.3. The molecule has 0 unspecified atom stereocenters. The Morgan fingerprint density at radius 1 is 0.818 bits per heavy atom. The summed E-state index contributed by atoms with van der Waals surface area (Å²) in [6.45, 7) is 0. The highest BCUT2D eigenvalue weighted by molar-refractivity contribution is 6.17. The Hall–Kier alpha value is -2.26. The largest absolute Gasteiger partial charge is 0.247 e. The van der Waals surface area contributed by atoms with E-state index in [4.69, 9.17) is 11.6 Å². The molecule has 22 heavy (non-hydrogen) atoms. The second-order valence-corrected chi connectivity index (χ2v) is 5.13. The van der Waals surface area contributed by atoms with E-state index >= 15 is 0 Å². The minimum Gasteiger partial charge on any atom is -0.247 e. The van der Waals surface area contributed by atoms with Crippen LogP contribution >= 0.6 is 11.6 Å². The SMILES string of the molecule is Fc1cccc(-c2ccc(CCl)c(-c3cccc(F)c3)n2)c1. The van der Waals surface area contributed by atoms with E-state index in [2.05, 4.69) is 4.98 Å². The van der Waals surface area contributed by atoms with E-state index in [1.54, 1.807) is 30.3 Å². The molecule has 0 aliphatic rings. The van der Waals surface area contributed by atoms with Crippen molar-refractivity contribution in [2.24, 2.45) is 0 Å². The van der Waals surface area contributed by atoms with Crippen LogP contribution in [0.2, 0.25) is 0 Å². The van der Waals surface area contributed by atoms with Crippen LogP contribution in [0.4, 0.5) is 8.78 Å². The maximum atomic E-state index is 13.5. The van der Waals surface area contributed by atoms with Crippen molar-refractivity contribution < 1.29 is 8.78 Å². The van der Waals surface area contributed by atoms with Gasteiger partial charge in [0.1, 0.15) is 11.6 Å². The molecule has 0 atom stereocenters. The van der Waals surface area contributed by atoms with Crippen molar-refractivity contribution in [3.05, 3.63) is 77.9 Å². The summed E-state index contributed by atoms with van der Waals surface area (Å²) in [5.41, 5.74) is 3.34. The van der Waals surface area contributed by atoms with Crippen molar-refractivity contribution >= 4 is 11.6 Å². The van der Waals surface area contributed by atoms with E-state index in [0.717, 1.165) is 5.56 Å². The first-order valence-electron chi connectivity index (χ1n) is 6.75. The maximum Gasteiger partial charge on any atom is 0.123 e. The van der Waals surface area contributed by atoms with Crippen LogP contribution in [-0.4, -0.2) is 4.98 Å². The summed E-state index contributed by atoms with van der Waals surface area (Å²) in [4.78, 5) is 4.55. The molecule has 4 heteroatoms. The summed E-state index contributed by atoms with van der Waals surface area (Å²) >= 11 is 5.95. The average molecular weight is 316 g/mol. The molecule has 0 radical (unpaired) electrons. The van der Waals surface area contributed by atoms with E-state index in [9.17, 15) is 8.78 Å². The number of halogens is 3. The first-order chi connectivity index (χ1) is 10.7. The van der Waals surface area contributed by atoms with Gasteiger partial charge in [-0.25, -0.2) is 13.8 Å². The van der Waals surface area contributed by atoms with E-state index in [0.29, 0.717) is 22.5 Å². The molecule has 0 bridgehead atoms. The number of aromatic nitrogens is 1.